The first kappa shape index (κ1) is 15.0. The molecular weight excluding hydrogens is 196 g/mol. The van der Waals surface area contributed by atoms with Gasteiger partial charge < -0.3 is 4.74 Å². The maximum atomic E-state index is 5.40. The maximum absolute atomic E-state index is 5.40. The second-order valence-electron chi connectivity index (χ2n) is 4.30. The summed E-state index contributed by atoms with van der Waals surface area (Å²) in [5.74, 6) is 1.74. The summed E-state index contributed by atoms with van der Waals surface area (Å²) in [6, 6.07) is 4.36. The molecular formula is C15H26O. The van der Waals surface area contributed by atoms with Gasteiger partial charge in [-0.2, -0.15) is 0 Å². The van der Waals surface area contributed by atoms with Gasteiger partial charge in [0, 0.05) is 0 Å². The Hall–Kier alpha value is -0.980. The molecule has 0 aliphatic rings. The van der Waals surface area contributed by atoms with Crippen LogP contribution in [0.1, 0.15) is 44.4 Å². The molecule has 0 radical (unpaired) electrons. The summed E-state index contributed by atoms with van der Waals surface area (Å²) < 4.78 is 5.40. The molecule has 0 atom stereocenters. The fraction of sp³-hybridized carbons (Fsp3) is 0.600. The van der Waals surface area contributed by atoms with E-state index in [1.54, 1.807) is 7.11 Å². The highest BCUT2D eigenvalue weighted by Crippen LogP contribution is 2.27. The Morgan fingerprint density at radius 2 is 1.69 bits per heavy atom. The number of ether oxygens (including phenoxy) is 1. The number of methoxy groups -OCH3 is 1. The summed E-state index contributed by atoms with van der Waals surface area (Å²) in [7, 11) is 1.74. The lowest BCUT2D eigenvalue weighted by atomic mass is 9.96. The third-order valence-electron chi connectivity index (χ3n) is 2.55. The van der Waals surface area contributed by atoms with Crippen LogP contribution in [0.5, 0.6) is 5.75 Å². The Morgan fingerprint density at radius 3 is 2.12 bits per heavy atom. The van der Waals surface area contributed by atoms with Crippen LogP contribution < -0.4 is 4.74 Å². The highest BCUT2D eigenvalue weighted by Gasteiger charge is 2.08. The van der Waals surface area contributed by atoms with Crippen molar-refractivity contribution in [2.24, 2.45) is 5.92 Å². The highest BCUT2D eigenvalue weighted by atomic mass is 16.5. The molecule has 0 unspecified atom stereocenters. The largest absolute Gasteiger partial charge is 0.496 e. The van der Waals surface area contributed by atoms with Crippen molar-refractivity contribution in [2.75, 3.05) is 7.11 Å². The average molecular weight is 222 g/mol. The van der Waals surface area contributed by atoms with E-state index in [1.165, 1.54) is 16.7 Å². The standard InChI is InChI=1S/C13H20O.C2H6/c1-9(2)8-12-7-6-10(3)13(14-5)11(12)4;1-2/h6-7,9H,8H2,1-5H3;1-2H3. The van der Waals surface area contributed by atoms with Crippen molar-refractivity contribution in [3.05, 3.63) is 28.8 Å². The van der Waals surface area contributed by atoms with E-state index in [1.807, 2.05) is 13.8 Å². The molecule has 0 N–H and O–H groups in total. The van der Waals surface area contributed by atoms with Gasteiger partial charge in [0.05, 0.1) is 7.11 Å². The van der Waals surface area contributed by atoms with Gasteiger partial charge in [0.15, 0.2) is 0 Å². The van der Waals surface area contributed by atoms with Gasteiger partial charge in [0.1, 0.15) is 5.75 Å². The van der Waals surface area contributed by atoms with Crippen LogP contribution >= 0.6 is 0 Å². The van der Waals surface area contributed by atoms with Crippen LogP contribution in [0.2, 0.25) is 0 Å². The highest BCUT2D eigenvalue weighted by molar-refractivity contribution is 5.45. The van der Waals surface area contributed by atoms with Crippen molar-refractivity contribution < 1.29 is 4.74 Å². The summed E-state index contributed by atoms with van der Waals surface area (Å²) >= 11 is 0. The fourth-order valence-electron chi connectivity index (χ4n) is 1.84. The van der Waals surface area contributed by atoms with E-state index in [0.717, 1.165) is 12.2 Å². The lowest BCUT2D eigenvalue weighted by Crippen LogP contribution is -2.00. The molecule has 1 rings (SSSR count). The smallest absolute Gasteiger partial charge is 0.124 e. The minimum Gasteiger partial charge on any atom is -0.496 e. The van der Waals surface area contributed by atoms with Gasteiger partial charge in [0.25, 0.3) is 0 Å². The number of benzene rings is 1. The molecule has 0 amide bonds. The SMILES string of the molecule is CC.COc1c(C)ccc(CC(C)C)c1C. The molecule has 1 aromatic carbocycles. The molecule has 0 aliphatic carbocycles. The zero-order valence-electron chi connectivity index (χ0n) is 11.8. The normalized spacial score (nSPS) is 9.75. The molecule has 1 aromatic rings. The second kappa shape index (κ2) is 7.32. The third-order valence-corrected chi connectivity index (χ3v) is 2.55. The van der Waals surface area contributed by atoms with Crippen molar-refractivity contribution >= 4 is 0 Å². The predicted molar refractivity (Wildman–Crippen MR) is 72.4 cm³/mol. The molecule has 0 spiro atoms. The van der Waals surface area contributed by atoms with Crippen molar-refractivity contribution in [1.29, 1.82) is 0 Å². The van der Waals surface area contributed by atoms with E-state index >= 15 is 0 Å². The Bertz CT molecular complexity index is 313. The predicted octanol–water partition coefficient (Wildman–Crippen LogP) is 4.54. The fourth-order valence-corrected chi connectivity index (χ4v) is 1.84. The minimum atomic E-state index is 0.695. The zero-order chi connectivity index (χ0) is 12.7. The second-order valence-corrected chi connectivity index (χ2v) is 4.30. The lowest BCUT2D eigenvalue weighted by Gasteiger charge is -2.14. The third kappa shape index (κ3) is 3.88. The summed E-state index contributed by atoms with van der Waals surface area (Å²) in [5.41, 5.74) is 3.92. The van der Waals surface area contributed by atoms with E-state index in [9.17, 15) is 0 Å². The van der Waals surface area contributed by atoms with E-state index in [4.69, 9.17) is 4.74 Å². The summed E-state index contributed by atoms with van der Waals surface area (Å²) in [4.78, 5) is 0. The molecule has 1 nitrogen and oxygen atoms in total. The number of hydrogen-bond donors (Lipinski definition) is 0. The first-order valence-corrected chi connectivity index (χ1v) is 6.19. The monoisotopic (exact) mass is 222 g/mol. The summed E-state index contributed by atoms with van der Waals surface area (Å²) in [5, 5.41) is 0. The average Bonchev–Trinajstić information content (AvgIpc) is 2.26. The Morgan fingerprint density at radius 1 is 1.12 bits per heavy atom. The molecule has 0 saturated carbocycles. The van der Waals surface area contributed by atoms with E-state index in [-0.39, 0.29) is 0 Å². The van der Waals surface area contributed by atoms with Gasteiger partial charge in [-0.15, -0.1) is 0 Å². The minimum absolute atomic E-state index is 0.695. The van der Waals surface area contributed by atoms with E-state index in [2.05, 4.69) is 39.8 Å². The Kier molecular flexibility index (Phi) is 6.87. The molecule has 0 heterocycles. The van der Waals surface area contributed by atoms with Gasteiger partial charge in [0.2, 0.25) is 0 Å². The number of aryl methyl sites for hydroxylation is 1. The van der Waals surface area contributed by atoms with Gasteiger partial charge in [-0.3, -0.25) is 0 Å². The van der Waals surface area contributed by atoms with Crippen LogP contribution in [-0.4, -0.2) is 7.11 Å². The lowest BCUT2D eigenvalue weighted by molar-refractivity contribution is 0.407. The molecule has 0 saturated heterocycles. The van der Waals surface area contributed by atoms with Crippen molar-refractivity contribution in [3.8, 4) is 5.75 Å². The Labute approximate surface area is 101 Å². The van der Waals surface area contributed by atoms with Crippen LogP contribution in [0, 0.1) is 19.8 Å². The van der Waals surface area contributed by atoms with Crippen LogP contribution in [0.15, 0.2) is 12.1 Å². The number of rotatable bonds is 3. The first-order valence-electron chi connectivity index (χ1n) is 6.19. The van der Waals surface area contributed by atoms with Crippen LogP contribution in [0.25, 0.3) is 0 Å². The molecule has 0 aromatic heterocycles. The van der Waals surface area contributed by atoms with Gasteiger partial charge >= 0.3 is 0 Å². The van der Waals surface area contributed by atoms with E-state index in [0.29, 0.717) is 5.92 Å². The summed E-state index contributed by atoms with van der Waals surface area (Å²) in [6.07, 6.45) is 1.13. The van der Waals surface area contributed by atoms with Crippen LogP contribution in [0.3, 0.4) is 0 Å². The molecule has 0 bridgehead atoms. The Balaban J connectivity index is 0.00000106. The molecule has 92 valence electrons. The van der Waals surface area contributed by atoms with E-state index < -0.39 is 0 Å². The topological polar surface area (TPSA) is 9.23 Å². The molecule has 0 fully saturated rings. The molecule has 0 aliphatic heterocycles. The summed E-state index contributed by atoms with van der Waals surface area (Å²) in [6.45, 7) is 12.7. The van der Waals surface area contributed by atoms with Gasteiger partial charge in [-0.1, -0.05) is 39.8 Å². The van der Waals surface area contributed by atoms with Crippen LogP contribution in [0.4, 0.5) is 0 Å². The van der Waals surface area contributed by atoms with Gasteiger partial charge in [-0.25, -0.2) is 0 Å². The quantitative estimate of drug-likeness (QED) is 0.729. The number of hydrogen-bond acceptors (Lipinski definition) is 1. The molecule has 16 heavy (non-hydrogen) atoms. The first-order chi connectivity index (χ1) is 7.56. The zero-order valence-corrected chi connectivity index (χ0v) is 11.8. The van der Waals surface area contributed by atoms with Crippen molar-refractivity contribution in [1.82, 2.24) is 0 Å². The van der Waals surface area contributed by atoms with Crippen molar-refractivity contribution in [2.45, 2.75) is 48.0 Å². The maximum Gasteiger partial charge on any atom is 0.124 e. The van der Waals surface area contributed by atoms with Crippen molar-refractivity contribution in [3.63, 3.8) is 0 Å². The molecule has 1 heteroatoms. The van der Waals surface area contributed by atoms with Gasteiger partial charge in [-0.05, 0) is 42.9 Å². The van der Waals surface area contributed by atoms with Crippen LogP contribution in [-0.2, 0) is 6.42 Å².